The third-order valence-electron chi connectivity index (χ3n) is 1.56. The highest BCUT2D eigenvalue weighted by molar-refractivity contribution is 9.10. The number of carboxylic acids is 1. The van der Waals surface area contributed by atoms with Gasteiger partial charge in [-0.3, -0.25) is 0 Å². The van der Waals surface area contributed by atoms with Crippen molar-refractivity contribution < 1.29 is 14.6 Å². The molecule has 0 radical (unpaired) electrons. The van der Waals surface area contributed by atoms with Crippen LogP contribution in [0.25, 0.3) is 0 Å². The van der Waals surface area contributed by atoms with Crippen molar-refractivity contribution in [1.29, 1.82) is 0 Å². The van der Waals surface area contributed by atoms with E-state index in [0.29, 0.717) is 5.03 Å². The smallest absolute Gasteiger partial charge is 0.339 e. The van der Waals surface area contributed by atoms with Gasteiger partial charge in [0.2, 0.25) is 0 Å². The van der Waals surface area contributed by atoms with Gasteiger partial charge in [0.05, 0.1) is 0 Å². The molecule has 0 aliphatic carbocycles. The van der Waals surface area contributed by atoms with Crippen LogP contribution in [-0.4, -0.2) is 17.7 Å². The third kappa shape index (κ3) is 3.57. The number of hydrogen-bond acceptors (Lipinski definition) is 2. The average molecular weight is 292 g/mol. The molecule has 0 aliphatic rings. The second-order valence-corrected chi connectivity index (χ2v) is 4.20. The predicted octanol–water partition coefficient (Wildman–Crippen LogP) is 3.28. The molecule has 15 heavy (non-hydrogen) atoms. The van der Waals surface area contributed by atoms with Gasteiger partial charge in [0, 0.05) is 9.51 Å². The SMILES string of the molecule is C=C(Cl)COc1cc(Br)ccc1C(=O)O. The van der Waals surface area contributed by atoms with Crippen molar-refractivity contribution in [2.75, 3.05) is 6.61 Å². The van der Waals surface area contributed by atoms with E-state index in [1.807, 2.05) is 0 Å². The predicted molar refractivity (Wildman–Crippen MR) is 61.6 cm³/mol. The van der Waals surface area contributed by atoms with E-state index in [0.717, 1.165) is 4.47 Å². The molecule has 0 bridgehead atoms. The van der Waals surface area contributed by atoms with Crippen LogP contribution in [0.1, 0.15) is 10.4 Å². The lowest BCUT2D eigenvalue weighted by Gasteiger charge is -2.08. The van der Waals surface area contributed by atoms with Crippen LogP contribution in [-0.2, 0) is 0 Å². The number of halogens is 2. The Hall–Kier alpha value is -1.00. The molecule has 0 aliphatic heterocycles. The first-order valence-corrected chi connectivity index (χ1v) is 5.16. The summed E-state index contributed by atoms with van der Waals surface area (Å²) < 4.78 is 5.94. The van der Waals surface area contributed by atoms with Crippen LogP contribution in [0.15, 0.2) is 34.3 Å². The second kappa shape index (κ2) is 5.19. The summed E-state index contributed by atoms with van der Waals surface area (Å²) in [6, 6.07) is 4.66. The summed E-state index contributed by atoms with van der Waals surface area (Å²) in [5, 5.41) is 9.18. The van der Waals surface area contributed by atoms with Crippen LogP contribution in [0.2, 0.25) is 0 Å². The number of hydrogen-bond donors (Lipinski definition) is 1. The first-order chi connectivity index (χ1) is 7.00. The van der Waals surface area contributed by atoms with Gasteiger partial charge in [0.15, 0.2) is 0 Å². The molecule has 0 heterocycles. The normalized spacial score (nSPS) is 9.73. The van der Waals surface area contributed by atoms with Gasteiger partial charge in [-0.2, -0.15) is 0 Å². The number of rotatable bonds is 4. The maximum Gasteiger partial charge on any atom is 0.339 e. The van der Waals surface area contributed by atoms with E-state index in [9.17, 15) is 4.79 Å². The highest BCUT2D eigenvalue weighted by atomic mass is 79.9. The molecule has 1 aromatic rings. The average Bonchev–Trinajstić information content (AvgIpc) is 2.14. The van der Waals surface area contributed by atoms with Crippen LogP contribution in [0.3, 0.4) is 0 Å². The molecule has 0 atom stereocenters. The molecule has 5 heteroatoms. The molecule has 80 valence electrons. The maximum absolute atomic E-state index is 10.8. The fraction of sp³-hybridized carbons (Fsp3) is 0.100. The van der Waals surface area contributed by atoms with Crippen molar-refractivity contribution >= 4 is 33.5 Å². The topological polar surface area (TPSA) is 46.5 Å². The quantitative estimate of drug-likeness (QED) is 0.926. The summed E-state index contributed by atoms with van der Waals surface area (Å²) in [6.07, 6.45) is 0. The van der Waals surface area contributed by atoms with Gasteiger partial charge in [-0.1, -0.05) is 34.1 Å². The molecule has 0 unspecified atom stereocenters. The minimum atomic E-state index is -1.04. The van der Waals surface area contributed by atoms with Crippen molar-refractivity contribution in [2.45, 2.75) is 0 Å². The standard InChI is InChI=1S/C10H8BrClO3/c1-6(12)5-15-9-4-7(11)2-3-8(9)10(13)14/h2-4H,1,5H2,(H,13,14). The summed E-state index contributed by atoms with van der Waals surface area (Å²) in [6.45, 7) is 3.53. The molecule has 1 aromatic carbocycles. The Balaban J connectivity index is 2.96. The van der Waals surface area contributed by atoms with Gasteiger partial charge in [-0.15, -0.1) is 0 Å². The van der Waals surface area contributed by atoms with Crippen LogP contribution in [0, 0.1) is 0 Å². The van der Waals surface area contributed by atoms with Gasteiger partial charge in [-0.05, 0) is 18.2 Å². The molecular weight excluding hydrogens is 283 g/mol. The summed E-state index contributed by atoms with van der Waals surface area (Å²) in [5.41, 5.74) is 0.0936. The minimum Gasteiger partial charge on any atom is -0.487 e. The number of ether oxygens (including phenoxy) is 1. The van der Waals surface area contributed by atoms with Gasteiger partial charge in [0.25, 0.3) is 0 Å². The van der Waals surface area contributed by atoms with Crippen LogP contribution >= 0.6 is 27.5 Å². The second-order valence-electron chi connectivity index (χ2n) is 2.75. The van der Waals surface area contributed by atoms with E-state index < -0.39 is 5.97 Å². The Labute approximate surface area is 100 Å². The van der Waals surface area contributed by atoms with Crippen molar-refractivity contribution in [2.24, 2.45) is 0 Å². The molecule has 1 N–H and O–H groups in total. The highest BCUT2D eigenvalue weighted by Crippen LogP contribution is 2.24. The lowest BCUT2D eigenvalue weighted by atomic mass is 10.2. The van der Waals surface area contributed by atoms with Gasteiger partial charge < -0.3 is 9.84 Å². The zero-order chi connectivity index (χ0) is 11.4. The maximum atomic E-state index is 10.8. The van der Waals surface area contributed by atoms with E-state index in [2.05, 4.69) is 22.5 Å². The lowest BCUT2D eigenvalue weighted by Crippen LogP contribution is -2.04. The molecule has 0 saturated carbocycles. The van der Waals surface area contributed by atoms with E-state index in [1.54, 1.807) is 12.1 Å². The van der Waals surface area contributed by atoms with Crippen LogP contribution in [0.4, 0.5) is 0 Å². The fourth-order valence-corrected chi connectivity index (χ4v) is 1.34. The molecular formula is C10H8BrClO3. The van der Waals surface area contributed by atoms with Crippen molar-refractivity contribution in [1.82, 2.24) is 0 Å². The molecule has 0 saturated heterocycles. The Morgan fingerprint density at radius 1 is 1.60 bits per heavy atom. The number of benzene rings is 1. The van der Waals surface area contributed by atoms with Crippen LogP contribution < -0.4 is 4.74 Å². The first-order valence-electron chi connectivity index (χ1n) is 3.99. The third-order valence-corrected chi connectivity index (χ3v) is 2.16. The minimum absolute atomic E-state index is 0.0816. The Morgan fingerprint density at radius 2 is 2.27 bits per heavy atom. The van der Waals surface area contributed by atoms with Crippen molar-refractivity contribution in [3.63, 3.8) is 0 Å². The largest absolute Gasteiger partial charge is 0.487 e. The van der Waals surface area contributed by atoms with Crippen molar-refractivity contribution in [3.05, 3.63) is 39.8 Å². The number of carbonyl (C=O) groups is 1. The molecule has 0 fully saturated rings. The first kappa shape index (κ1) is 12.1. The lowest BCUT2D eigenvalue weighted by molar-refractivity contribution is 0.0692. The monoisotopic (exact) mass is 290 g/mol. The molecule has 3 nitrogen and oxygen atoms in total. The highest BCUT2D eigenvalue weighted by Gasteiger charge is 2.11. The zero-order valence-corrected chi connectivity index (χ0v) is 10.0. The number of carboxylic acid groups (broad SMARTS) is 1. The molecule has 0 amide bonds. The van der Waals surface area contributed by atoms with E-state index in [1.165, 1.54) is 6.07 Å². The summed E-state index contributed by atoms with van der Waals surface area (Å²) in [7, 11) is 0. The Morgan fingerprint density at radius 3 is 2.80 bits per heavy atom. The van der Waals surface area contributed by atoms with Crippen molar-refractivity contribution in [3.8, 4) is 5.75 Å². The van der Waals surface area contributed by atoms with E-state index in [-0.39, 0.29) is 17.9 Å². The van der Waals surface area contributed by atoms with Gasteiger partial charge in [0.1, 0.15) is 17.9 Å². The molecule has 0 aromatic heterocycles. The van der Waals surface area contributed by atoms with Gasteiger partial charge >= 0.3 is 5.97 Å². The Bertz CT molecular complexity index is 404. The zero-order valence-electron chi connectivity index (χ0n) is 7.67. The summed E-state index contributed by atoms with van der Waals surface area (Å²) in [5.74, 6) is -0.781. The molecule has 0 spiro atoms. The fourth-order valence-electron chi connectivity index (χ4n) is 0.948. The van der Waals surface area contributed by atoms with Gasteiger partial charge in [-0.25, -0.2) is 4.79 Å². The summed E-state index contributed by atoms with van der Waals surface area (Å²) in [4.78, 5) is 10.8. The molecule has 1 rings (SSSR count). The van der Waals surface area contributed by atoms with E-state index >= 15 is 0 Å². The summed E-state index contributed by atoms with van der Waals surface area (Å²) >= 11 is 8.74. The van der Waals surface area contributed by atoms with Crippen LogP contribution in [0.5, 0.6) is 5.75 Å². The number of aromatic carboxylic acids is 1. The van der Waals surface area contributed by atoms with E-state index in [4.69, 9.17) is 21.4 Å². The Kier molecular flexibility index (Phi) is 4.17.